The summed E-state index contributed by atoms with van der Waals surface area (Å²) in [5, 5.41) is 0. The minimum Gasteiger partial charge on any atom is -0.378 e. The molecule has 1 rings (SSSR count). The molecule has 4 nitrogen and oxygen atoms in total. The molecule has 1 heterocycles. The fourth-order valence-corrected chi connectivity index (χ4v) is 3.06. The average Bonchev–Trinajstić information content (AvgIpc) is 3.44. The number of hydrogen-bond acceptors (Lipinski definition) is 4. The highest BCUT2D eigenvalue weighted by Gasteiger charge is 2.36. The molecule has 0 bridgehead atoms. The van der Waals surface area contributed by atoms with Crippen LogP contribution in [0.4, 0.5) is 0 Å². The smallest absolute Gasteiger partial charge is 0.170 e. The zero-order valence-corrected chi connectivity index (χ0v) is 17.2. The summed E-state index contributed by atoms with van der Waals surface area (Å²) in [6, 6.07) is 0. The van der Waals surface area contributed by atoms with Crippen LogP contribution < -0.4 is 0 Å². The van der Waals surface area contributed by atoms with E-state index in [1.165, 1.54) is 38.5 Å². The molecule has 1 fully saturated rings. The highest BCUT2D eigenvalue weighted by molar-refractivity contribution is 4.77. The lowest BCUT2D eigenvalue weighted by Gasteiger charge is -2.37. The fourth-order valence-electron chi connectivity index (χ4n) is 3.06. The maximum Gasteiger partial charge on any atom is 0.170 e. The molecule has 1 aliphatic rings. The number of hydrogen-bond donors (Lipinski definition) is 0. The molecule has 1 saturated heterocycles. The second kappa shape index (κ2) is 14.0. The molecule has 0 spiro atoms. The van der Waals surface area contributed by atoms with Crippen molar-refractivity contribution >= 4 is 0 Å². The summed E-state index contributed by atoms with van der Waals surface area (Å²) in [4.78, 5) is 0. The molecule has 2 unspecified atom stereocenters. The van der Waals surface area contributed by atoms with Crippen LogP contribution in [0.3, 0.4) is 0 Å². The molecule has 1 aliphatic heterocycles. The van der Waals surface area contributed by atoms with Crippen LogP contribution >= 0.6 is 0 Å². The molecule has 0 aromatic heterocycles. The van der Waals surface area contributed by atoms with Crippen LogP contribution in [0.2, 0.25) is 0 Å². The second-order valence-electron chi connectivity index (χ2n) is 7.46. The van der Waals surface area contributed by atoms with Crippen molar-refractivity contribution in [2.75, 3.05) is 33.0 Å². The summed E-state index contributed by atoms with van der Waals surface area (Å²) in [6.07, 6.45) is 11.3. The van der Waals surface area contributed by atoms with E-state index in [1.54, 1.807) is 0 Å². The molecule has 0 amide bonds. The summed E-state index contributed by atoms with van der Waals surface area (Å²) in [5.41, 5.74) is 0. The van der Waals surface area contributed by atoms with E-state index in [2.05, 4.69) is 27.7 Å². The van der Waals surface area contributed by atoms with E-state index >= 15 is 0 Å². The van der Waals surface area contributed by atoms with Crippen molar-refractivity contribution in [3.05, 3.63) is 0 Å². The van der Waals surface area contributed by atoms with Gasteiger partial charge in [-0.05, 0) is 26.2 Å². The zero-order chi connectivity index (χ0) is 18.4. The lowest BCUT2D eigenvalue weighted by Crippen LogP contribution is -2.43. The van der Waals surface area contributed by atoms with Crippen molar-refractivity contribution in [1.82, 2.24) is 0 Å². The van der Waals surface area contributed by atoms with Gasteiger partial charge in [-0.2, -0.15) is 0 Å². The molecule has 25 heavy (non-hydrogen) atoms. The third-order valence-electron chi connectivity index (χ3n) is 4.86. The quantitative estimate of drug-likeness (QED) is 0.188. The standard InChI is InChI=1S/C21H42O4/c1-5-8-9-10-11-12-13-19(16-22-17-20-18-23-20)21(4,24-14-6-2)25-15-7-3/h19-20H,5-18H2,1-4H3. The van der Waals surface area contributed by atoms with Gasteiger partial charge >= 0.3 is 0 Å². The molecular weight excluding hydrogens is 316 g/mol. The third-order valence-corrected chi connectivity index (χ3v) is 4.86. The van der Waals surface area contributed by atoms with Crippen molar-refractivity contribution < 1.29 is 18.9 Å². The van der Waals surface area contributed by atoms with Crippen LogP contribution in [0, 0.1) is 5.92 Å². The van der Waals surface area contributed by atoms with Gasteiger partial charge in [-0.3, -0.25) is 0 Å². The average molecular weight is 359 g/mol. The molecule has 0 N–H and O–H groups in total. The minimum atomic E-state index is -0.542. The molecular formula is C21H42O4. The van der Waals surface area contributed by atoms with Crippen LogP contribution in [-0.4, -0.2) is 44.9 Å². The second-order valence-corrected chi connectivity index (χ2v) is 7.46. The molecule has 4 heteroatoms. The Bertz CT molecular complexity index is 296. The Morgan fingerprint density at radius 2 is 1.52 bits per heavy atom. The predicted molar refractivity (Wildman–Crippen MR) is 103 cm³/mol. The van der Waals surface area contributed by atoms with E-state index in [0.29, 0.717) is 19.3 Å². The Balaban J connectivity index is 2.49. The SMILES string of the molecule is CCCCCCCCC(COCC1CO1)C(C)(OCCC)OCCC. The van der Waals surface area contributed by atoms with E-state index in [1.807, 2.05) is 0 Å². The Hall–Kier alpha value is -0.160. The lowest BCUT2D eigenvalue weighted by molar-refractivity contribution is -0.264. The van der Waals surface area contributed by atoms with Gasteiger partial charge in [0.15, 0.2) is 5.79 Å². The Labute approximate surface area is 155 Å². The van der Waals surface area contributed by atoms with E-state index in [4.69, 9.17) is 18.9 Å². The van der Waals surface area contributed by atoms with Crippen LogP contribution in [0.25, 0.3) is 0 Å². The van der Waals surface area contributed by atoms with Crippen LogP contribution in [-0.2, 0) is 18.9 Å². The van der Waals surface area contributed by atoms with Gasteiger partial charge in [0.25, 0.3) is 0 Å². The maximum absolute atomic E-state index is 6.18. The maximum atomic E-state index is 6.18. The summed E-state index contributed by atoms with van der Waals surface area (Å²) in [6.45, 7) is 12.4. The predicted octanol–water partition coefficient (Wildman–Crippen LogP) is 5.34. The van der Waals surface area contributed by atoms with Gasteiger partial charge in [-0.25, -0.2) is 0 Å². The molecule has 0 saturated carbocycles. The highest BCUT2D eigenvalue weighted by atomic mass is 16.7. The van der Waals surface area contributed by atoms with Crippen LogP contribution in [0.15, 0.2) is 0 Å². The summed E-state index contributed by atoms with van der Waals surface area (Å²) >= 11 is 0. The van der Waals surface area contributed by atoms with Gasteiger partial charge in [0.1, 0.15) is 6.10 Å². The highest BCUT2D eigenvalue weighted by Crippen LogP contribution is 2.30. The normalized spacial score (nSPS) is 18.5. The van der Waals surface area contributed by atoms with Gasteiger partial charge in [-0.1, -0.05) is 59.3 Å². The summed E-state index contributed by atoms with van der Waals surface area (Å²) in [5.74, 6) is -0.268. The lowest BCUT2D eigenvalue weighted by atomic mass is 9.93. The Kier molecular flexibility index (Phi) is 12.8. The molecule has 0 aromatic carbocycles. The van der Waals surface area contributed by atoms with Gasteiger partial charge < -0.3 is 18.9 Å². The first kappa shape index (κ1) is 22.9. The summed E-state index contributed by atoms with van der Waals surface area (Å²) in [7, 11) is 0. The van der Waals surface area contributed by atoms with Crippen LogP contribution in [0.5, 0.6) is 0 Å². The first-order valence-electron chi connectivity index (χ1n) is 10.6. The van der Waals surface area contributed by atoms with E-state index in [-0.39, 0.29) is 5.92 Å². The van der Waals surface area contributed by atoms with Gasteiger partial charge in [0.05, 0.1) is 19.8 Å². The number of ether oxygens (including phenoxy) is 4. The first-order valence-corrected chi connectivity index (χ1v) is 10.6. The molecule has 0 aromatic rings. The van der Waals surface area contributed by atoms with Crippen molar-refractivity contribution in [2.45, 2.75) is 97.4 Å². The Morgan fingerprint density at radius 3 is 2.08 bits per heavy atom. The molecule has 150 valence electrons. The van der Waals surface area contributed by atoms with E-state index < -0.39 is 5.79 Å². The van der Waals surface area contributed by atoms with Crippen molar-refractivity contribution in [2.24, 2.45) is 5.92 Å². The molecule has 0 radical (unpaired) electrons. The van der Waals surface area contributed by atoms with Crippen molar-refractivity contribution in [1.29, 1.82) is 0 Å². The largest absolute Gasteiger partial charge is 0.378 e. The van der Waals surface area contributed by atoms with E-state index in [9.17, 15) is 0 Å². The van der Waals surface area contributed by atoms with Crippen LogP contribution in [0.1, 0.15) is 85.5 Å². The van der Waals surface area contributed by atoms with E-state index in [0.717, 1.165) is 39.1 Å². The minimum absolute atomic E-state index is 0.274. The monoisotopic (exact) mass is 358 g/mol. The number of rotatable bonds is 18. The van der Waals surface area contributed by atoms with Crippen molar-refractivity contribution in [3.8, 4) is 0 Å². The topological polar surface area (TPSA) is 40.2 Å². The number of unbranched alkanes of at least 4 members (excludes halogenated alkanes) is 5. The molecule has 0 aliphatic carbocycles. The summed E-state index contributed by atoms with van der Waals surface area (Å²) < 4.78 is 23.5. The third kappa shape index (κ3) is 10.5. The number of epoxide rings is 1. The zero-order valence-electron chi connectivity index (χ0n) is 17.2. The van der Waals surface area contributed by atoms with Crippen molar-refractivity contribution in [3.63, 3.8) is 0 Å². The fraction of sp³-hybridized carbons (Fsp3) is 1.00. The first-order chi connectivity index (χ1) is 12.2. The Morgan fingerprint density at radius 1 is 0.920 bits per heavy atom. The van der Waals surface area contributed by atoms with Gasteiger partial charge in [0.2, 0.25) is 0 Å². The van der Waals surface area contributed by atoms with Gasteiger partial charge in [-0.15, -0.1) is 0 Å². The molecule has 2 atom stereocenters. The van der Waals surface area contributed by atoms with Gasteiger partial charge in [0, 0.05) is 19.1 Å².